The Bertz CT molecular complexity index is 1050. The summed E-state index contributed by atoms with van der Waals surface area (Å²) in [5, 5.41) is 0.275. The minimum Gasteiger partial charge on any atom is -0.417 e. The molecule has 0 saturated heterocycles. The molecule has 200 valence electrons. The minimum atomic E-state index is -1.66. The van der Waals surface area contributed by atoms with Crippen LogP contribution in [0.5, 0.6) is 0 Å². The van der Waals surface area contributed by atoms with E-state index in [0.717, 1.165) is 32.3 Å². The first kappa shape index (κ1) is 29.4. The van der Waals surface area contributed by atoms with Gasteiger partial charge in [0.25, 0.3) is 0 Å². The molecule has 0 spiro atoms. The third-order valence-corrected chi connectivity index (χ3v) is 13.1. The maximum absolute atomic E-state index is 6.41. The molecule has 0 radical (unpaired) electrons. The van der Waals surface area contributed by atoms with Crippen LogP contribution in [-0.2, 0) is 4.43 Å². The maximum Gasteiger partial charge on any atom is 0.191 e. The Morgan fingerprint density at radius 2 is 1.59 bits per heavy atom. The Hall–Kier alpha value is -2.16. The fourth-order valence-corrected chi connectivity index (χ4v) is 5.94. The molecule has 0 amide bonds. The highest BCUT2D eigenvalue weighted by Crippen LogP contribution is 2.39. The van der Waals surface area contributed by atoms with Gasteiger partial charge in [-0.2, -0.15) is 0 Å². The molecule has 3 rings (SSSR count). The first-order valence-corrected chi connectivity index (χ1v) is 17.3. The van der Waals surface area contributed by atoms with Crippen molar-refractivity contribution in [2.75, 3.05) is 6.61 Å². The van der Waals surface area contributed by atoms with Crippen LogP contribution >= 0.6 is 0 Å². The lowest BCUT2D eigenvalue weighted by Gasteiger charge is -2.36. The van der Waals surface area contributed by atoms with Crippen molar-refractivity contribution in [3.63, 3.8) is 0 Å². The molecule has 1 aliphatic carbocycles. The zero-order valence-electron chi connectivity index (χ0n) is 24.5. The summed E-state index contributed by atoms with van der Waals surface area (Å²) in [6, 6.07) is 22.2. The number of rotatable bonds is 12. The summed E-state index contributed by atoms with van der Waals surface area (Å²) >= 11 is 0. The minimum absolute atomic E-state index is 0.275. The van der Waals surface area contributed by atoms with Crippen molar-refractivity contribution in [1.29, 1.82) is 0 Å². The summed E-state index contributed by atoms with van der Waals surface area (Å²) < 4.78 is 6.41. The average Bonchev–Trinajstić information content (AvgIpc) is 2.89. The molecule has 37 heavy (non-hydrogen) atoms. The van der Waals surface area contributed by atoms with E-state index in [4.69, 9.17) is 4.43 Å². The first-order chi connectivity index (χ1) is 17.6. The lowest BCUT2D eigenvalue weighted by atomic mass is 9.80. The molecular weight excluding hydrogens is 464 g/mol. The second kappa shape index (κ2) is 13.6. The summed E-state index contributed by atoms with van der Waals surface area (Å²) in [6.45, 7) is 17.2. The van der Waals surface area contributed by atoms with E-state index in [0.29, 0.717) is 11.8 Å². The molecule has 2 atom stereocenters. The van der Waals surface area contributed by atoms with Gasteiger partial charge < -0.3 is 4.43 Å². The summed E-state index contributed by atoms with van der Waals surface area (Å²) in [5.41, 5.74) is 7.26. The molecule has 0 N–H and O–H groups in total. The lowest BCUT2D eigenvalue weighted by molar-refractivity contribution is 0.283. The second-order valence-electron chi connectivity index (χ2n) is 12.5. The molecule has 0 fully saturated rings. The van der Waals surface area contributed by atoms with Crippen molar-refractivity contribution in [2.24, 2.45) is 5.92 Å². The highest BCUT2D eigenvalue weighted by molar-refractivity contribution is 6.74. The molecule has 0 bridgehead atoms. The van der Waals surface area contributed by atoms with Crippen LogP contribution in [0.2, 0.25) is 18.1 Å². The fourth-order valence-electron chi connectivity index (χ4n) is 4.85. The molecule has 2 aromatic carbocycles. The maximum atomic E-state index is 6.41. The molecule has 1 aliphatic rings. The van der Waals surface area contributed by atoms with Crippen LogP contribution in [0, 0.1) is 5.92 Å². The van der Waals surface area contributed by atoms with Crippen LogP contribution in [0.3, 0.4) is 0 Å². The topological polar surface area (TPSA) is 9.23 Å². The Morgan fingerprint density at radius 1 is 0.946 bits per heavy atom. The number of benzene rings is 2. The Labute approximate surface area is 228 Å². The predicted molar refractivity (Wildman–Crippen MR) is 165 cm³/mol. The predicted octanol–water partition coefficient (Wildman–Crippen LogP) is 10.7. The van der Waals surface area contributed by atoms with Gasteiger partial charge in [0, 0.05) is 6.61 Å². The molecule has 1 nitrogen and oxygen atoms in total. The van der Waals surface area contributed by atoms with E-state index >= 15 is 0 Å². The zero-order valence-corrected chi connectivity index (χ0v) is 25.5. The summed E-state index contributed by atoms with van der Waals surface area (Å²) in [4.78, 5) is 0. The van der Waals surface area contributed by atoms with E-state index < -0.39 is 8.32 Å². The quantitative estimate of drug-likeness (QED) is 0.202. The van der Waals surface area contributed by atoms with Crippen LogP contribution in [0.25, 0.3) is 5.57 Å². The van der Waals surface area contributed by atoms with Gasteiger partial charge in [-0.1, -0.05) is 126 Å². The molecule has 2 aromatic rings. The van der Waals surface area contributed by atoms with Crippen molar-refractivity contribution in [3.8, 4) is 0 Å². The van der Waals surface area contributed by atoms with Crippen LogP contribution < -0.4 is 0 Å². The summed E-state index contributed by atoms with van der Waals surface area (Å²) in [5.74, 6) is 1.25. The molecule has 0 heterocycles. The van der Waals surface area contributed by atoms with Gasteiger partial charge in [-0.3, -0.25) is 0 Å². The normalized spacial score (nSPS) is 17.3. The van der Waals surface area contributed by atoms with E-state index in [1.54, 1.807) is 0 Å². The van der Waals surface area contributed by atoms with E-state index in [1.165, 1.54) is 40.7 Å². The van der Waals surface area contributed by atoms with Gasteiger partial charge in [-0.05, 0) is 84.3 Å². The van der Waals surface area contributed by atoms with Gasteiger partial charge in [-0.15, -0.1) is 0 Å². The van der Waals surface area contributed by atoms with Crippen molar-refractivity contribution in [2.45, 2.75) is 97.2 Å². The summed E-state index contributed by atoms with van der Waals surface area (Å²) in [7, 11) is -1.66. The largest absolute Gasteiger partial charge is 0.417 e. The lowest BCUT2D eigenvalue weighted by Crippen LogP contribution is -2.40. The molecule has 0 aliphatic heterocycles. The van der Waals surface area contributed by atoms with Crippen molar-refractivity contribution < 1.29 is 4.43 Å². The SMILES string of the molecule is CCC(C)CC(CC(=C1C=CC(CCCO[Si](C)(C)C(C)(C)C)=CC1)c1ccccc1)c1ccccc1. The molecule has 2 unspecified atom stereocenters. The fraction of sp³-hybridized carbons (Fsp3) is 0.486. The van der Waals surface area contributed by atoms with E-state index in [9.17, 15) is 0 Å². The third kappa shape index (κ3) is 8.69. The van der Waals surface area contributed by atoms with Crippen LogP contribution in [0.4, 0.5) is 0 Å². The Balaban J connectivity index is 1.75. The smallest absolute Gasteiger partial charge is 0.191 e. The van der Waals surface area contributed by atoms with E-state index in [2.05, 4.69) is 127 Å². The van der Waals surface area contributed by atoms with Crippen LogP contribution in [-0.4, -0.2) is 14.9 Å². The molecule has 0 aromatic heterocycles. The Morgan fingerprint density at radius 3 is 2.16 bits per heavy atom. The van der Waals surface area contributed by atoms with Crippen LogP contribution in [0.1, 0.15) is 90.2 Å². The summed E-state index contributed by atoms with van der Waals surface area (Å²) in [6.07, 6.45) is 14.0. The van der Waals surface area contributed by atoms with Crippen molar-refractivity contribution in [3.05, 3.63) is 101 Å². The zero-order chi connectivity index (χ0) is 26.9. The van der Waals surface area contributed by atoms with Crippen molar-refractivity contribution in [1.82, 2.24) is 0 Å². The van der Waals surface area contributed by atoms with Gasteiger partial charge >= 0.3 is 0 Å². The highest BCUT2D eigenvalue weighted by Gasteiger charge is 2.36. The van der Waals surface area contributed by atoms with Gasteiger partial charge in [-0.25, -0.2) is 0 Å². The number of hydrogen-bond acceptors (Lipinski definition) is 1. The molecular formula is C35H50OSi. The van der Waals surface area contributed by atoms with Crippen molar-refractivity contribution >= 4 is 13.9 Å². The van der Waals surface area contributed by atoms with Gasteiger partial charge in [0.15, 0.2) is 8.32 Å². The molecule has 0 saturated carbocycles. The Kier molecular flexibility index (Phi) is 10.8. The average molecular weight is 515 g/mol. The van der Waals surface area contributed by atoms with Crippen LogP contribution in [0.15, 0.2) is 90.0 Å². The van der Waals surface area contributed by atoms with Gasteiger partial charge in [0.05, 0.1) is 0 Å². The van der Waals surface area contributed by atoms with E-state index in [1.807, 2.05) is 0 Å². The van der Waals surface area contributed by atoms with Gasteiger partial charge in [0.1, 0.15) is 0 Å². The molecule has 2 heteroatoms. The third-order valence-electron chi connectivity index (χ3n) is 8.58. The van der Waals surface area contributed by atoms with E-state index in [-0.39, 0.29) is 5.04 Å². The monoisotopic (exact) mass is 514 g/mol. The second-order valence-corrected chi connectivity index (χ2v) is 17.3. The van der Waals surface area contributed by atoms with Gasteiger partial charge in [0.2, 0.25) is 0 Å². The standard InChI is InChI=1S/C35H50OSi/c1-8-28(2)26-33(30-17-11-9-12-18-30)27-34(31-19-13-10-14-20-31)32-23-21-29(22-24-32)16-15-25-36-37(6,7)35(3,4)5/h9-14,17-23,28,33H,8,15-16,24-27H2,1-7H3. The number of hydrogen-bond donors (Lipinski definition) is 0. The first-order valence-electron chi connectivity index (χ1n) is 14.4. The number of allylic oxidation sites excluding steroid dienone is 6. The highest BCUT2D eigenvalue weighted by atomic mass is 28.4.